The van der Waals surface area contributed by atoms with E-state index in [9.17, 15) is 4.79 Å². The van der Waals surface area contributed by atoms with Crippen molar-refractivity contribution in [3.63, 3.8) is 0 Å². The van der Waals surface area contributed by atoms with Gasteiger partial charge in [0.15, 0.2) is 0 Å². The Balaban J connectivity index is 1.87. The van der Waals surface area contributed by atoms with Gasteiger partial charge in [0.1, 0.15) is 5.75 Å². The zero-order valence-corrected chi connectivity index (χ0v) is 15.4. The first-order valence-corrected chi connectivity index (χ1v) is 9.31. The van der Waals surface area contributed by atoms with Gasteiger partial charge in [0.2, 0.25) is 5.91 Å². The predicted molar refractivity (Wildman–Crippen MR) is 98.3 cm³/mol. The molecule has 0 bridgehead atoms. The van der Waals surface area contributed by atoms with Crippen molar-refractivity contribution in [3.8, 4) is 5.75 Å². The number of benzene rings is 1. The molecule has 1 aromatic rings. The van der Waals surface area contributed by atoms with Gasteiger partial charge in [-0.1, -0.05) is 38.3 Å². The van der Waals surface area contributed by atoms with Gasteiger partial charge >= 0.3 is 0 Å². The Labute approximate surface area is 146 Å². The highest BCUT2D eigenvalue weighted by atomic mass is 16.5. The molecule has 24 heavy (non-hydrogen) atoms. The van der Waals surface area contributed by atoms with Crippen LogP contribution >= 0.6 is 0 Å². The minimum atomic E-state index is 0.147. The Morgan fingerprint density at radius 2 is 2.25 bits per heavy atom. The monoisotopic (exact) mass is 332 g/mol. The van der Waals surface area contributed by atoms with Crippen LogP contribution in [0.1, 0.15) is 64.0 Å². The standard InChI is InChI=1S/C20H32N2O2/c1-4-5-6-9-16(2)21-20(23)15-22-13-8-12-19(22)17-10-7-11-18(14-17)24-3/h7,10-11,14,16,19H,4-6,8-9,12-13,15H2,1-3H3,(H,21,23). The van der Waals surface area contributed by atoms with E-state index in [1.807, 2.05) is 12.1 Å². The predicted octanol–water partition coefficient (Wildman–Crippen LogP) is 3.92. The first-order chi connectivity index (χ1) is 11.6. The van der Waals surface area contributed by atoms with Crippen LogP contribution in [0.3, 0.4) is 0 Å². The third-order valence-corrected chi connectivity index (χ3v) is 4.84. The Kier molecular flexibility index (Phi) is 7.57. The molecule has 1 amide bonds. The van der Waals surface area contributed by atoms with Gasteiger partial charge < -0.3 is 10.1 Å². The number of unbranched alkanes of at least 4 members (excludes halogenated alkanes) is 2. The SMILES string of the molecule is CCCCCC(C)NC(=O)CN1CCCC1c1cccc(OC)c1. The normalized spacial score (nSPS) is 19.2. The lowest BCUT2D eigenvalue weighted by Gasteiger charge is -2.25. The van der Waals surface area contributed by atoms with Crippen LogP contribution in [0.25, 0.3) is 0 Å². The Bertz CT molecular complexity index is 518. The fourth-order valence-electron chi connectivity index (χ4n) is 3.52. The van der Waals surface area contributed by atoms with E-state index in [-0.39, 0.29) is 11.9 Å². The van der Waals surface area contributed by atoms with Crippen LogP contribution < -0.4 is 10.1 Å². The number of rotatable bonds is 9. The van der Waals surface area contributed by atoms with Crippen LogP contribution in [0.5, 0.6) is 5.75 Å². The molecule has 1 aliphatic rings. The van der Waals surface area contributed by atoms with E-state index in [0.29, 0.717) is 12.6 Å². The zero-order valence-electron chi connectivity index (χ0n) is 15.4. The van der Waals surface area contributed by atoms with Crippen molar-refractivity contribution in [2.75, 3.05) is 20.2 Å². The summed E-state index contributed by atoms with van der Waals surface area (Å²) in [7, 11) is 1.69. The summed E-state index contributed by atoms with van der Waals surface area (Å²) in [6.45, 7) is 5.78. The molecule has 0 radical (unpaired) electrons. The molecule has 1 fully saturated rings. The molecule has 134 valence electrons. The van der Waals surface area contributed by atoms with Gasteiger partial charge in [-0.3, -0.25) is 9.69 Å². The van der Waals surface area contributed by atoms with E-state index in [1.54, 1.807) is 7.11 Å². The summed E-state index contributed by atoms with van der Waals surface area (Å²) in [5.74, 6) is 1.03. The van der Waals surface area contributed by atoms with Crippen molar-refractivity contribution in [1.82, 2.24) is 10.2 Å². The molecule has 2 unspecified atom stereocenters. The first-order valence-electron chi connectivity index (χ1n) is 9.31. The maximum absolute atomic E-state index is 12.4. The first kappa shape index (κ1) is 18.8. The summed E-state index contributed by atoms with van der Waals surface area (Å²) in [6.07, 6.45) is 6.96. The van der Waals surface area contributed by atoms with E-state index < -0.39 is 0 Å². The number of methoxy groups -OCH3 is 1. The highest BCUT2D eigenvalue weighted by Gasteiger charge is 2.28. The highest BCUT2D eigenvalue weighted by Crippen LogP contribution is 2.33. The maximum atomic E-state index is 12.4. The third kappa shape index (κ3) is 5.52. The number of ether oxygens (including phenoxy) is 1. The smallest absolute Gasteiger partial charge is 0.234 e. The Morgan fingerprint density at radius 3 is 3.00 bits per heavy atom. The Morgan fingerprint density at radius 1 is 1.42 bits per heavy atom. The molecule has 0 aliphatic carbocycles. The van der Waals surface area contributed by atoms with Crippen molar-refractivity contribution >= 4 is 5.91 Å². The quantitative estimate of drug-likeness (QED) is 0.697. The molecule has 2 rings (SSSR count). The molecular formula is C20H32N2O2. The number of amides is 1. The largest absolute Gasteiger partial charge is 0.497 e. The molecule has 0 spiro atoms. The number of carbonyl (C=O) groups is 1. The molecule has 1 saturated heterocycles. The molecular weight excluding hydrogens is 300 g/mol. The van der Waals surface area contributed by atoms with E-state index in [0.717, 1.165) is 31.6 Å². The van der Waals surface area contributed by atoms with Gasteiger partial charge in [0, 0.05) is 12.1 Å². The van der Waals surface area contributed by atoms with Gasteiger partial charge in [-0.05, 0) is 50.4 Å². The van der Waals surface area contributed by atoms with Crippen molar-refractivity contribution in [2.45, 2.75) is 64.5 Å². The van der Waals surface area contributed by atoms with Crippen LogP contribution in [0.15, 0.2) is 24.3 Å². The molecule has 0 saturated carbocycles. The lowest BCUT2D eigenvalue weighted by atomic mass is 10.0. The van der Waals surface area contributed by atoms with E-state index >= 15 is 0 Å². The van der Waals surface area contributed by atoms with Crippen molar-refractivity contribution < 1.29 is 9.53 Å². The zero-order chi connectivity index (χ0) is 17.4. The Hall–Kier alpha value is -1.55. The average Bonchev–Trinajstić information content (AvgIpc) is 3.03. The van der Waals surface area contributed by atoms with Crippen molar-refractivity contribution in [2.24, 2.45) is 0 Å². The molecule has 4 nitrogen and oxygen atoms in total. The van der Waals surface area contributed by atoms with Gasteiger partial charge in [-0.25, -0.2) is 0 Å². The minimum Gasteiger partial charge on any atom is -0.497 e. The number of hydrogen-bond donors (Lipinski definition) is 1. The number of likely N-dealkylation sites (tertiary alicyclic amines) is 1. The fraction of sp³-hybridized carbons (Fsp3) is 0.650. The van der Waals surface area contributed by atoms with Gasteiger partial charge in [-0.15, -0.1) is 0 Å². The van der Waals surface area contributed by atoms with Crippen LogP contribution in [0.4, 0.5) is 0 Å². The number of carbonyl (C=O) groups excluding carboxylic acids is 1. The minimum absolute atomic E-state index is 0.147. The second-order valence-corrected chi connectivity index (χ2v) is 6.87. The number of nitrogens with one attached hydrogen (secondary N) is 1. The lowest BCUT2D eigenvalue weighted by molar-refractivity contribution is -0.123. The molecule has 1 aromatic carbocycles. The van der Waals surface area contributed by atoms with Crippen LogP contribution in [-0.2, 0) is 4.79 Å². The molecule has 1 N–H and O–H groups in total. The summed E-state index contributed by atoms with van der Waals surface area (Å²) in [5, 5.41) is 3.15. The van der Waals surface area contributed by atoms with Gasteiger partial charge in [-0.2, -0.15) is 0 Å². The second-order valence-electron chi connectivity index (χ2n) is 6.87. The topological polar surface area (TPSA) is 41.6 Å². The maximum Gasteiger partial charge on any atom is 0.234 e. The molecule has 1 heterocycles. The average molecular weight is 332 g/mol. The highest BCUT2D eigenvalue weighted by molar-refractivity contribution is 5.78. The summed E-state index contributed by atoms with van der Waals surface area (Å²) in [4.78, 5) is 14.7. The van der Waals surface area contributed by atoms with Crippen molar-refractivity contribution in [1.29, 1.82) is 0 Å². The molecule has 1 aliphatic heterocycles. The van der Waals surface area contributed by atoms with Crippen molar-refractivity contribution in [3.05, 3.63) is 29.8 Å². The lowest BCUT2D eigenvalue weighted by Crippen LogP contribution is -2.40. The summed E-state index contributed by atoms with van der Waals surface area (Å²) in [6, 6.07) is 8.81. The summed E-state index contributed by atoms with van der Waals surface area (Å²) < 4.78 is 5.33. The van der Waals surface area contributed by atoms with Crippen LogP contribution in [0.2, 0.25) is 0 Å². The molecule has 4 heteroatoms. The third-order valence-electron chi connectivity index (χ3n) is 4.84. The van der Waals surface area contributed by atoms with Gasteiger partial charge in [0.05, 0.1) is 13.7 Å². The van der Waals surface area contributed by atoms with Crippen LogP contribution in [-0.4, -0.2) is 37.0 Å². The fourth-order valence-corrected chi connectivity index (χ4v) is 3.52. The second kappa shape index (κ2) is 9.67. The van der Waals surface area contributed by atoms with E-state index in [2.05, 4.69) is 36.2 Å². The number of hydrogen-bond acceptors (Lipinski definition) is 3. The number of nitrogens with zero attached hydrogens (tertiary/aromatic N) is 1. The molecule has 0 aromatic heterocycles. The summed E-state index contributed by atoms with van der Waals surface area (Å²) >= 11 is 0. The van der Waals surface area contributed by atoms with Gasteiger partial charge in [0.25, 0.3) is 0 Å². The van der Waals surface area contributed by atoms with E-state index in [4.69, 9.17) is 4.74 Å². The van der Waals surface area contributed by atoms with Crippen LogP contribution in [0, 0.1) is 0 Å². The molecule has 2 atom stereocenters. The summed E-state index contributed by atoms with van der Waals surface area (Å²) in [5.41, 5.74) is 1.25. The van der Waals surface area contributed by atoms with E-state index in [1.165, 1.54) is 24.8 Å².